The molecule has 1 aliphatic rings. The van der Waals surface area contributed by atoms with Crippen LogP contribution >= 0.6 is 11.8 Å². The van der Waals surface area contributed by atoms with Gasteiger partial charge in [-0.2, -0.15) is 5.26 Å². The number of nitriles is 1. The summed E-state index contributed by atoms with van der Waals surface area (Å²) in [7, 11) is 0. The van der Waals surface area contributed by atoms with Crippen LogP contribution in [0.25, 0.3) is 0 Å². The quantitative estimate of drug-likeness (QED) is 0.422. The van der Waals surface area contributed by atoms with Crippen LogP contribution in [0.15, 0.2) is 89.5 Å². The average molecular weight is 458 g/mol. The molecule has 0 aliphatic carbocycles. The predicted molar refractivity (Wildman–Crippen MR) is 128 cm³/mol. The SMILES string of the molecule is Cc1cccc(NC(=O)/C(C#N)=C2\SC(Cc3ccc(F)cc3)C(=O)N2c2ccccc2)c1. The van der Waals surface area contributed by atoms with Crippen molar-refractivity contribution in [2.75, 3.05) is 10.2 Å². The van der Waals surface area contributed by atoms with Gasteiger partial charge in [0.25, 0.3) is 5.91 Å². The van der Waals surface area contributed by atoms with E-state index in [1.54, 1.807) is 48.5 Å². The van der Waals surface area contributed by atoms with E-state index in [0.29, 0.717) is 17.8 Å². The van der Waals surface area contributed by atoms with E-state index in [1.165, 1.54) is 28.8 Å². The Morgan fingerprint density at radius 3 is 2.48 bits per heavy atom. The molecule has 0 saturated carbocycles. The van der Waals surface area contributed by atoms with Crippen LogP contribution in [-0.2, 0) is 16.0 Å². The summed E-state index contributed by atoms with van der Waals surface area (Å²) in [5.74, 6) is -1.17. The molecule has 3 aromatic carbocycles. The first-order valence-corrected chi connectivity index (χ1v) is 11.2. The molecule has 1 unspecified atom stereocenters. The number of thioether (sulfide) groups is 1. The van der Waals surface area contributed by atoms with E-state index in [0.717, 1.165) is 11.1 Å². The zero-order chi connectivity index (χ0) is 23.4. The number of carbonyl (C=O) groups excluding carboxylic acids is 2. The Kier molecular flexibility index (Phi) is 6.57. The van der Waals surface area contributed by atoms with Gasteiger partial charge in [-0.15, -0.1) is 0 Å². The fraction of sp³-hybridized carbons (Fsp3) is 0.115. The summed E-state index contributed by atoms with van der Waals surface area (Å²) >= 11 is 1.17. The summed E-state index contributed by atoms with van der Waals surface area (Å²) in [4.78, 5) is 27.9. The van der Waals surface area contributed by atoms with Crippen LogP contribution in [0.4, 0.5) is 15.8 Å². The van der Waals surface area contributed by atoms with Crippen molar-refractivity contribution < 1.29 is 14.0 Å². The number of amides is 2. The molecule has 0 aromatic heterocycles. The van der Waals surface area contributed by atoms with Gasteiger partial charge in [-0.3, -0.25) is 14.5 Å². The lowest BCUT2D eigenvalue weighted by atomic mass is 10.1. The molecule has 1 N–H and O–H groups in total. The Balaban J connectivity index is 1.71. The molecule has 1 saturated heterocycles. The van der Waals surface area contributed by atoms with E-state index in [2.05, 4.69) is 5.32 Å². The number of para-hydroxylation sites is 1. The summed E-state index contributed by atoms with van der Waals surface area (Å²) in [6.45, 7) is 1.90. The third-order valence-corrected chi connectivity index (χ3v) is 6.39. The van der Waals surface area contributed by atoms with Gasteiger partial charge in [0.05, 0.1) is 5.25 Å². The molecule has 7 heteroatoms. The van der Waals surface area contributed by atoms with Crippen LogP contribution in [0.3, 0.4) is 0 Å². The van der Waals surface area contributed by atoms with Crippen LogP contribution < -0.4 is 10.2 Å². The summed E-state index contributed by atoms with van der Waals surface area (Å²) < 4.78 is 13.3. The van der Waals surface area contributed by atoms with Crippen molar-refractivity contribution >= 4 is 35.0 Å². The number of aryl methyl sites for hydroxylation is 1. The number of rotatable bonds is 5. The summed E-state index contributed by atoms with van der Waals surface area (Å²) in [5.41, 5.74) is 2.76. The van der Waals surface area contributed by atoms with Crippen molar-refractivity contribution in [2.24, 2.45) is 0 Å². The first kappa shape index (κ1) is 22.3. The van der Waals surface area contributed by atoms with Gasteiger partial charge in [0.2, 0.25) is 5.91 Å². The molecule has 1 atom stereocenters. The van der Waals surface area contributed by atoms with E-state index in [4.69, 9.17) is 0 Å². The van der Waals surface area contributed by atoms with Crippen molar-refractivity contribution in [1.82, 2.24) is 0 Å². The lowest BCUT2D eigenvalue weighted by Crippen LogP contribution is -2.30. The van der Waals surface area contributed by atoms with E-state index >= 15 is 0 Å². The number of hydrogen-bond acceptors (Lipinski definition) is 4. The highest BCUT2D eigenvalue weighted by Gasteiger charge is 2.40. The minimum Gasteiger partial charge on any atom is -0.321 e. The van der Waals surface area contributed by atoms with Crippen LogP contribution in [-0.4, -0.2) is 17.1 Å². The maximum Gasteiger partial charge on any atom is 0.269 e. The molecule has 0 bridgehead atoms. The fourth-order valence-corrected chi connectivity index (χ4v) is 4.86. The number of nitrogens with zero attached hydrogens (tertiary/aromatic N) is 2. The molecule has 1 fully saturated rings. The predicted octanol–water partition coefficient (Wildman–Crippen LogP) is 5.20. The van der Waals surface area contributed by atoms with Gasteiger partial charge in [0, 0.05) is 11.4 Å². The topological polar surface area (TPSA) is 73.2 Å². The molecule has 4 rings (SSSR count). The largest absolute Gasteiger partial charge is 0.321 e. The molecule has 5 nitrogen and oxygen atoms in total. The molecular formula is C26H20FN3O2S. The van der Waals surface area contributed by atoms with Gasteiger partial charge in [0.15, 0.2) is 0 Å². The van der Waals surface area contributed by atoms with E-state index < -0.39 is 11.2 Å². The van der Waals surface area contributed by atoms with E-state index in [1.807, 2.05) is 31.2 Å². The number of benzene rings is 3. The number of nitrogens with one attached hydrogen (secondary N) is 1. The molecule has 33 heavy (non-hydrogen) atoms. The standard InChI is InChI=1S/C26H20FN3O2S/c1-17-6-5-7-20(14-17)29-24(31)22(16-28)26-30(21-8-3-2-4-9-21)25(32)23(33-26)15-18-10-12-19(27)13-11-18/h2-14,23H,15H2,1H3,(H,29,31)/b26-22-. The van der Waals surface area contributed by atoms with Crippen LogP contribution in [0, 0.1) is 24.1 Å². The molecule has 0 spiro atoms. The minimum atomic E-state index is -0.582. The van der Waals surface area contributed by atoms with Crippen molar-refractivity contribution in [2.45, 2.75) is 18.6 Å². The first-order valence-electron chi connectivity index (χ1n) is 10.3. The summed E-state index contributed by atoms with van der Waals surface area (Å²) in [6, 6.07) is 24.1. The highest BCUT2D eigenvalue weighted by molar-refractivity contribution is 8.05. The zero-order valence-corrected chi connectivity index (χ0v) is 18.6. The summed E-state index contributed by atoms with van der Waals surface area (Å²) in [5, 5.41) is 12.4. The Bertz CT molecular complexity index is 1270. The molecule has 0 radical (unpaired) electrons. The van der Waals surface area contributed by atoms with Crippen LogP contribution in [0.5, 0.6) is 0 Å². The van der Waals surface area contributed by atoms with Gasteiger partial charge >= 0.3 is 0 Å². The third-order valence-electron chi connectivity index (χ3n) is 5.13. The van der Waals surface area contributed by atoms with E-state index in [-0.39, 0.29) is 22.3 Å². The Morgan fingerprint density at radius 2 is 1.82 bits per heavy atom. The van der Waals surface area contributed by atoms with Crippen molar-refractivity contribution in [3.63, 3.8) is 0 Å². The summed E-state index contributed by atoms with van der Waals surface area (Å²) in [6.07, 6.45) is 0.342. The van der Waals surface area contributed by atoms with Crippen LogP contribution in [0.1, 0.15) is 11.1 Å². The Hall–Kier alpha value is -3.89. The van der Waals surface area contributed by atoms with Crippen molar-refractivity contribution in [3.05, 3.63) is 106 Å². The maximum absolute atomic E-state index is 13.4. The number of anilines is 2. The third kappa shape index (κ3) is 4.97. The Labute approximate surface area is 195 Å². The lowest BCUT2D eigenvalue weighted by molar-refractivity contribution is -0.117. The molecule has 2 amide bonds. The number of carbonyl (C=O) groups is 2. The van der Waals surface area contributed by atoms with Gasteiger partial charge in [-0.05, 0) is 60.9 Å². The smallest absolute Gasteiger partial charge is 0.269 e. The molecule has 1 heterocycles. The highest BCUT2D eigenvalue weighted by atomic mass is 32.2. The molecular weight excluding hydrogens is 437 g/mol. The maximum atomic E-state index is 13.4. The van der Waals surface area contributed by atoms with Crippen molar-refractivity contribution in [1.29, 1.82) is 5.26 Å². The first-order chi connectivity index (χ1) is 16.0. The number of halogens is 1. The van der Waals surface area contributed by atoms with Gasteiger partial charge in [0.1, 0.15) is 22.5 Å². The van der Waals surface area contributed by atoms with Gasteiger partial charge in [-0.1, -0.05) is 54.2 Å². The van der Waals surface area contributed by atoms with Crippen LogP contribution in [0.2, 0.25) is 0 Å². The van der Waals surface area contributed by atoms with Crippen molar-refractivity contribution in [3.8, 4) is 6.07 Å². The average Bonchev–Trinajstić information content (AvgIpc) is 3.12. The molecule has 1 aliphatic heterocycles. The second kappa shape index (κ2) is 9.72. The normalized spacial score (nSPS) is 16.9. The second-order valence-electron chi connectivity index (χ2n) is 7.56. The lowest BCUT2D eigenvalue weighted by Gasteiger charge is -2.18. The minimum absolute atomic E-state index is 0.139. The van der Waals surface area contributed by atoms with Gasteiger partial charge in [-0.25, -0.2) is 4.39 Å². The molecule has 164 valence electrons. The second-order valence-corrected chi connectivity index (χ2v) is 8.75. The number of hydrogen-bond donors (Lipinski definition) is 1. The van der Waals surface area contributed by atoms with E-state index in [9.17, 15) is 19.2 Å². The monoisotopic (exact) mass is 457 g/mol. The Morgan fingerprint density at radius 1 is 1.09 bits per heavy atom. The zero-order valence-electron chi connectivity index (χ0n) is 17.8. The van der Waals surface area contributed by atoms with Gasteiger partial charge < -0.3 is 5.32 Å². The molecule has 3 aromatic rings. The highest BCUT2D eigenvalue weighted by Crippen LogP contribution is 2.42. The fourth-order valence-electron chi connectivity index (χ4n) is 3.55.